The molecule has 0 aliphatic rings. The third kappa shape index (κ3) is 7.13. The van der Waals surface area contributed by atoms with Crippen LogP contribution in [0.15, 0.2) is 30.3 Å². The normalized spacial score (nSPS) is 13.0. The van der Waals surface area contributed by atoms with Crippen molar-refractivity contribution in [2.24, 2.45) is 5.92 Å². The standard InChI is InChI=1S/C17H25N3O4/c1-11(2)15(16(23)19-12(3)9-14(21)22)20-17(24)18-10-13-7-5-4-6-8-13/h4-8,11-12,15H,9-10H2,1-3H3,(H,19,23)(H,21,22)(H2,18,20,24). The Labute approximate surface area is 141 Å². The molecule has 2 unspecified atom stereocenters. The van der Waals surface area contributed by atoms with E-state index in [4.69, 9.17) is 5.11 Å². The number of carbonyl (C=O) groups is 3. The van der Waals surface area contributed by atoms with Gasteiger partial charge in [0.25, 0.3) is 0 Å². The van der Waals surface area contributed by atoms with Gasteiger partial charge in [-0.2, -0.15) is 0 Å². The number of nitrogens with one attached hydrogen (secondary N) is 3. The van der Waals surface area contributed by atoms with Gasteiger partial charge >= 0.3 is 12.0 Å². The van der Waals surface area contributed by atoms with Crippen LogP contribution in [-0.2, 0) is 16.1 Å². The Bertz CT molecular complexity index is 560. The van der Waals surface area contributed by atoms with E-state index in [1.807, 2.05) is 44.2 Å². The average molecular weight is 335 g/mol. The lowest BCUT2D eigenvalue weighted by Gasteiger charge is -2.23. The minimum atomic E-state index is -0.988. The van der Waals surface area contributed by atoms with E-state index in [-0.39, 0.29) is 12.3 Å². The molecule has 0 bridgehead atoms. The lowest BCUT2D eigenvalue weighted by Crippen LogP contribution is -2.54. The highest BCUT2D eigenvalue weighted by Gasteiger charge is 2.25. The topological polar surface area (TPSA) is 108 Å². The van der Waals surface area contributed by atoms with Crippen LogP contribution in [0.25, 0.3) is 0 Å². The lowest BCUT2D eigenvalue weighted by atomic mass is 10.0. The van der Waals surface area contributed by atoms with Crippen LogP contribution in [0.5, 0.6) is 0 Å². The molecule has 132 valence electrons. The first kappa shape index (κ1) is 19.5. The maximum Gasteiger partial charge on any atom is 0.315 e. The molecule has 0 aliphatic heterocycles. The maximum absolute atomic E-state index is 12.2. The van der Waals surface area contributed by atoms with E-state index < -0.39 is 30.0 Å². The van der Waals surface area contributed by atoms with Crippen molar-refractivity contribution >= 4 is 17.9 Å². The number of amides is 3. The van der Waals surface area contributed by atoms with Gasteiger partial charge in [-0.3, -0.25) is 9.59 Å². The largest absolute Gasteiger partial charge is 0.481 e. The van der Waals surface area contributed by atoms with Gasteiger partial charge in [-0.05, 0) is 18.4 Å². The molecular weight excluding hydrogens is 310 g/mol. The molecule has 0 aliphatic carbocycles. The first-order valence-electron chi connectivity index (χ1n) is 7.90. The van der Waals surface area contributed by atoms with E-state index in [2.05, 4.69) is 16.0 Å². The molecule has 0 fully saturated rings. The second-order valence-electron chi connectivity index (χ2n) is 6.04. The molecule has 0 saturated carbocycles. The summed E-state index contributed by atoms with van der Waals surface area (Å²) < 4.78 is 0. The van der Waals surface area contributed by atoms with Crippen molar-refractivity contribution in [3.8, 4) is 0 Å². The molecule has 7 heteroatoms. The number of aliphatic carboxylic acids is 1. The summed E-state index contributed by atoms with van der Waals surface area (Å²) in [5.74, 6) is -1.52. The maximum atomic E-state index is 12.2. The zero-order valence-electron chi connectivity index (χ0n) is 14.2. The van der Waals surface area contributed by atoms with Gasteiger partial charge in [0.1, 0.15) is 6.04 Å². The summed E-state index contributed by atoms with van der Waals surface area (Å²) in [5, 5.41) is 16.7. The molecule has 0 saturated heterocycles. The third-order valence-corrected chi connectivity index (χ3v) is 3.40. The van der Waals surface area contributed by atoms with E-state index >= 15 is 0 Å². The highest BCUT2D eigenvalue weighted by Crippen LogP contribution is 2.04. The van der Waals surface area contributed by atoms with Gasteiger partial charge < -0.3 is 21.1 Å². The monoisotopic (exact) mass is 335 g/mol. The van der Waals surface area contributed by atoms with Crippen LogP contribution in [0.3, 0.4) is 0 Å². The lowest BCUT2D eigenvalue weighted by molar-refractivity contribution is -0.137. The zero-order chi connectivity index (χ0) is 18.1. The molecule has 7 nitrogen and oxygen atoms in total. The van der Waals surface area contributed by atoms with Crippen molar-refractivity contribution in [1.82, 2.24) is 16.0 Å². The van der Waals surface area contributed by atoms with Crippen molar-refractivity contribution < 1.29 is 19.5 Å². The summed E-state index contributed by atoms with van der Waals surface area (Å²) in [6.45, 7) is 5.58. The van der Waals surface area contributed by atoms with E-state index in [1.165, 1.54) is 0 Å². The van der Waals surface area contributed by atoms with Gasteiger partial charge in [-0.15, -0.1) is 0 Å². The van der Waals surface area contributed by atoms with Crippen molar-refractivity contribution in [3.05, 3.63) is 35.9 Å². The smallest absolute Gasteiger partial charge is 0.315 e. The van der Waals surface area contributed by atoms with Gasteiger partial charge in [0.15, 0.2) is 0 Å². The molecule has 0 spiro atoms. The Morgan fingerprint density at radius 1 is 1.04 bits per heavy atom. The fourth-order valence-electron chi connectivity index (χ4n) is 2.15. The summed E-state index contributed by atoms with van der Waals surface area (Å²) in [5.41, 5.74) is 0.952. The number of carbonyl (C=O) groups excluding carboxylic acids is 2. The van der Waals surface area contributed by atoms with E-state index in [1.54, 1.807) is 6.92 Å². The van der Waals surface area contributed by atoms with Gasteiger partial charge in [-0.25, -0.2) is 4.79 Å². The van der Waals surface area contributed by atoms with Gasteiger partial charge in [0.05, 0.1) is 6.42 Å². The quantitative estimate of drug-likeness (QED) is 0.577. The van der Waals surface area contributed by atoms with E-state index in [0.717, 1.165) is 5.56 Å². The molecule has 0 radical (unpaired) electrons. The van der Waals surface area contributed by atoms with Crippen LogP contribution in [-0.4, -0.2) is 35.1 Å². The highest BCUT2D eigenvalue weighted by atomic mass is 16.4. The number of carboxylic acids is 1. The fourth-order valence-corrected chi connectivity index (χ4v) is 2.15. The average Bonchev–Trinajstić information content (AvgIpc) is 2.50. The molecule has 4 N–H and O–H groups in total. The molecule has 1 rings (SSSR count). The Morgan fingerprint density at radius 3 is 2.21 bits per heavy atom. The molecule has 2 atom stereocenters. The number of hydrogen-bond acceptors (Lipinski definition) is 3. The summed E-state index contributed by atoms with van der Waals surface area (Å²) in [6, 6.07) is 7.73. The number of benzene rings is 1. The third-order valence-electron chi connectivity index (χ3n) is 3.40. The van der Waals surface area contributed by atoms with Crippen LogP contribution in [0.2, 0.25) is 0 Å². The molecular formula is C17H25N3O4. The first-order valence-corrected chi connectivity index (χ1v) is 7.90. The summed E-state index contributed by atoms with van der Waals surface area (Å²) in [7, 11) is 0. The Kier molecular flexibility index (Phi) is 7.74. The summed E-state index contributed by atoms with van der Waals surface area (Å²) in [6.07, 6.45) is -0.170. The predicted molar refractivity (Wildman–Crippen MR) is 90.3 cm³/mol. The SMILES string of the molecule is CC(CC(=O)O)NC(=O)C(NC(=O)NCc1ccccc1)C(C)C. The zero-order valence-corrected chi connectivity index (χ0v) is 14.2. The molecule has 0 aromatic heterocycles. The Balaban J connectivity index is 2.53. The number of rotatable bonds is 8. The second-order valence-corrected chi connectivity index (χ2v) is 6.04. The van der Waals surface area contributed by atoms with E-state index in [0.29, 0.717) is 6.54 Å². The Morgan fingerprint density at radius 2 is 1.67 bits per heavy atom. The molecule has 3 amide bonds. The van der Waals surface area contributed by atoms with Crippen molar-refractivity contribution in [3.63, 3.8) is 0 Å². The molecule has 1 aromatic carbocycles. The highest BCUT2D eigenvalue weighted by molar-refractivity contribution is 5.87. The molecule has 1 aromatic rings. The van der Waals surface area contributed by atoms with Crippen LogP contribution in [0, 0.1) is 5.92 Å². The van der Waals surface area contributed by atoms with Crippen molar-refractivity contribution in [1.29, 1.82) is 0 Å². The van der Waals surface area contributed by atoms with Crippen LogP contribution in [0.4, 0.5) is 4.79 Å². The molecule has 0 heterocycles. The summed E-state index contributed by atoms with van der Waals surface area (Å²) in [4.78, 5) is 34.9. The molecule has 24 heavy (non-hydrogen) atoms. The van der Waals surface area contributed by atoms with Crippen LogP contribution >= 0.6 is 0 Å². The van der Waals surface area contributed by atoms with Gasteiger partial charge in [-0.1, -0.05) is 44.2 Å². The van der Waals surface area contributed by atoms with Crippen LogP contribution in [0.1, 0.15) is 32.8 Å². The van der Waals surface area contributed by atoms with Crippen molar-refractivity contribution in [2.75, 3.05) is 0 Å². The Hall–Kier alpha value is -2.57. The van der Waals surface area contributed by atoms with Crippen LogP contribution < -0.4 is 16.0 Å². The van der Waals surface area contributed by atoms with Gasteiger partial charge in [0.2, 0.25) is 5.91 Å². The number of urea groups is 1. The minimum absolute atomic E-state index is 0.135. The number of carboxylic acid groups (broad SMARTS) is 1. The first-order chi connectivity index (χ1) is 11.3. The minimum Gasteiger partial charge on any atom is -0.481 e. The fraction of sp³-hybridized carbons (Fsp3) is 0.471. The van der Waals surface area contributed by atoms with Crippen molar-refractivity contribution in [2.45, 2.75) is 45.8 Å². The summed E-state index contributed by atoms with van der Waals surface area (Å²) >= 11 is 0. The van der Waals surface area contributed by atoms with E-state index in [9.17, 15) is 14.4 Å². The second kappa shape index (κ2) is 9.54. The van der Waals surface area contributed by atoms with Gasteiger partial charge in [0, 0.05) is 12.6 Å². The number of hydrogen-bond donors (Lipinski definition) is 4. The predicted octanol–water partition coefficient (Wildman–Crippen LogP) is 1.49.